The fraction of sp³-hybridized carbons (Fsp3) is 0.583. The van der Waals surface area contributed by atoms with Gasteiger partial charge in [0.2, 0.25) is 0 Å². The molecule has 4 saturated carbocycles. The zero-order valence-electron chi connectivity index (χ0n) is 16.3. The molecule has 0 unspecified atom stereocenters. The normalized spacial score (nSPS) is 36.8. The van der Waals surface area contributed by atoms with Crippen molar-refractivity contribution in [1.29, 1.82) is 5.26 Å². The Morgan fingerprint density at radius 1 is 1.15 bits per heavy atom. The van der Waals surface area contributed by atoms with E-state index in [1.165, 1.54) is 24.8 Å². The molecule has 3 nitrogen and oxygen atoms in total. The second kappa shape index (κ2) is 5.71. The van der Waals surface area contributed by atoms with Crippen molar-refractivity contribution in [2.24, 2.45) is 23.2 Å². The highest BCUT2D eigenvalue weighted by Crippen LogP contribution is 2.60. The summed E-state index contributed by atoms with van der Waals surface area (Å²) in [6.07, 6.45) is 10.2. The maximum absolute atomic E-state index is 13.5. The van der Waals surface area contributed by atoms with Crippen molar-refractivity contribution in [2.75, 3.05) is 0 Å². The monoisotopic (exact) mass is 360 g/mol. The Balaban J connectivity index is 1.52. The molecule has 0 saturated heterocycles. The maximum Gasteiger partial charge on any atom is 0.163 e. The highest BCUT2D eigenvalue weighted by Gasteiger charge is 2.54. The van der Waals surface area contributed by atoms with Crippen LogP contribution in [-0.4, -0.2) is 11.3 Å². The zero-order chi connectivity index (χ0) is 18.8. The van der Waals surface area contributed by atoms with Crippen LogP contribution in [0.1, 0.15) is 69.1 Å². The lowest BCUT2D eigenvalue weighted by molar-refractivity contribution is -0.138. The molecule has 5 aliphatic rings. The second-order valence-electron chi connectivity index (χ2n) is 10.3. The number of ketones is 1. The van der Waals surface area contributed by atoms with Gasteiger partial charge in [0.15, 0.2) is 5.78 Å². The van der Waals surface area contributed by atoms with E-state index in [1.54, 1.807) is 0 Å². The van der Waals surface area contributed by atoms with E-state index in [2.05, 4.69) is 25.2 Å². The van der Waals surface area contributed by atoms with Crippen LogP contribution >= 0.6 is 0 Å². The van der Waals surface area contributed by atoms with Crippen molar-refractivity contribution in [3.63, 3.8) is 0 Å². The molecule has 140 valence electrons. The molecule has 0 atom stereocenters. The molecule has 1 aromatic carbocycles. The van der Waals surface area contributed by atoms with Gasteiger partial charge in [0.25, 0.3) is 0 Å². The standard InChI is InChI=1S/C24H28N2O/c1-23(2)13-19-8-15(14-25)3-4-20(19)21(26-23)9-22(27)24-10-16-5-17(11-24)7-18(6-16)12-24/h3-4,8-9,16-18,26H,5-7,10-13H2,1-2H3. The Morgan fingerprint density at radius 2 is 1.78 bits per heavy atom. The Kier molecular flexibility index (Phi) is 3.60. The third-order valence-corrected chi connectivity index (χ3v) is 7.47. The minimum absolute atomic E-state index is 0.0994. The van der Waals surface area contributed by atoms with Crippen molar-refractivity contribution in [2.45, 2.75) is 64.3 Å². The molecule has 27 heavy (non-hydrogen) atoms. The van der Waals surface area contributed by atoms with Gasteiger partial charge in [0.1, 0.15) is 0 Å². The number of nitrogens with one attached hydrogen (secondary N) is 1. The number of carbonyl (C=O) groups excluding carboxylic acids is 1. The van der Waals surface area contributed by atoms with Crippen LogP contribution in [0.25, 0.3) is 5.70 Å². The topological polar surface area (TPSA) is 52.9 Å². The quantitative estimate of drug-likeness (QED) is 0.784. The molecule has 4 aliphatic carbocycles. The van der Waals surface area contributed by atoms with Crippen molar-refractivity contribution in [3.8, 4) is 6.07 Å². The number of fused-ring (bicyclic) bond motifs is 1. The average Bonchev–Trinajstić information content (AvgIpc) is 2.59. The molecule has 1 aromatic rings. The minimum atomic E-state index is -0.116. The number of hydrogen-bond acceptors (Lipinski definition) is 3. The van der Waals surface area contributed by atoms with Crippen LogP contribution in [0.4, 0.5) is 0 Å². The predicted molar refractivity (Wildman–Crippen MR) is 106 cm³/mol. The van der Waals surface area contributed by atoms with Crippen LogP contribution in [0.3, 0.4) is 0 Å². The van der Waals surface area contributed by atoms with Crippen molar-refractivity contribution < 1.29 is 4.79 Å². The van der Waals surface area contributed by atoms with Gasteiger partial charge in [-0.2, -0.15) is 5.26 Å². The van der Waals surface area contributed by atoms with E-state index < -0.39 is 0 Å². The second-order valence-corrected chi connectivity index (χ2v) is 10.3. The van der Waals surface area contributed by atoms with Crippen LogP contribution in [0.15, 0.2) is 24.3 Å². The lowest BCUT2D eigenvalue weighted by Gasteiger charge is -2.55. The van der Waals surface area contributed by atoms with Gasteiger partial charge in [0.05, 0.1) is 11.6 Å². The third kappa shape index (κ3) is 2.81. The predicted octanol–water partition coefficient (Wildman–Crippen LogP) is 4.61. The molecular weight excluding hydrogens is 332 g/mol. The van der Waals surface area contributed by atoms with Crippen LogP contribution in [0, 0.1) is 34.5 Å². The van der Waals surface area contributed by atoms with E-state index in [-0.39, 0.29) is 11.0 Å². The van der Waals surface area contributed by atoms with Gasteiger partial charge in [-0.15, -0.1) is 0 Å². The first-order valence-corrected chi connectivity index (χ1v) is 10.4. The first kappa shape index (κ1) is 17.0. The first-order chi connectivity index (χ1) is 12.9. The van der Waals surface area contributed by atoms with Crippen LogP contribution in [0.5, 0.6) is 0 Å². The molecule has 0 spiro atoms. The number of benzene rings is 1. The molecule has 6 rings (SSSR count). The van der Waals surface area contributed by atoms with E-state index in [9.17, 15) is 10.1 Å². The van der Waals surface area contributed by atoms with Crippen LogP contribution < -0.4 is 5.32 Å². The summed E-state index contributed by atoms with van der Waals surface area (Å²) >= 11 is 0. The fourth-order valence-electron chi connectivity index (χ4n) is 6.83. The van der Waals surface area contributed by atoms with Crippen molar-refractivity contribution >= 4 is 11.5 Å². The average molecular weight is 361 g/mol. The summed E-state index contributed by atoms with van der Waals surface area (Å²) in [6, 6.07) is 8.10. The zero-order valence-corrected chi connectivity index (χ0v) is 16.3. The van der Waals surface area contributed by atoms with Crippen LogP contribution in [0.2, 0.25) is 0 Å². The SMILES string of the molecule is CC1(C)Cc2cc(C#N)ccc2C(=CC(=O)C23CC4CC(CC(C4)C2)C3)N1. The van der Waals surface area contributed by atoms with E-state index in [1.807, 2.05) is 24.3 Å². The molecule has 4 bridgehead atoms. The number of hydrogen-bond donors (Lipinski definition) is 1. The highest BCUT2D eigenvalue weighted by molar-refractivity contribution is 6.01. The number of allylic oxidation sites excluding steroid dienone is 1. The first-order valence-electron chi connectivity index (χ1n) is 10.4. The summed E-state index contributed by atoms with van der Waals surface area (Å²) in [4.78, 5) is 13.5. The molecule has 4 fully saturated rings. The van der Waals surface area contributed by atoms with E-state index >= 15 is 0 Å². The molecule has 0 aromatic heterocycles. The summed E-state index contributed by atoms with van der Waals surface area (Å²) in [5, 5.41) is 12.8. The maximum atomic E-state index is 13.5. The van der Waals surface area contributed by atoms with Gasteiger partial charge in [-0.05, 0) is 94.2 Å². The molecule has 0 radical (unpaired) electrons. The van der Waals surface area contributed by atoms with Crippen molar-refractivity contribution in [3.05, 3.63) is 41.0 Å². The molecular formula is C24H28N2O. The van der Waals surface area contributed by atoms with Crippen molar-refractivity contribution in [1.82, 2.24) is 5.32 Å². The van der Waals surface area contributed by atoms with Gasteiger partial charge in [-0.25, -0.2) is 0 Å². The molecule has 1 aliphatic heterocycles. The number of rotatable bonds is 2. The van der Waals surface area contributed by atoms with Gasteiger partial charge < -0.3 is 5.32 Å². The smallest absolute Gasteiger partial charge is 0.163 e. The number of carbonyl (C=O) groups is 1. The molecule has 0 amide bonds. The van der Waals surface area contributed by atoms with E-state index in [0.717, 1.165) is 54.7 Å². The lowest BCUT2D eigenvalue weighted by Crippen LogP contribution is -2.50. The Bertz CT molecular complexity index is 851. The lowest BCUT2D eigenvalue weighted by atomic mass is 9.48. The minimum Gasteiger partial charge on any atom is -0.379 e. The Morgan fingerprint density at radius 3 is 2.37 bits per heavy atom. The Hall–Kier alpha value is -2.08. The Labute approximate surface area is 161 Å². The number of nitrogens with zero attached hydrogens (tertiary/aromatic N) is 1. The van der Waals surface area contributed by atoms with Gasteiger partial charge in [-0.1, -0.05) is 6.07 Å². The van der Waals surface area contributed by atoms with Gasteiger partial charge >= 0.3 is 0 Å². The highest BCUT2D eigenvalue weighted by atomic mass is 16.1. The van der Waals surface area contributed by atoms with E-state index in [4.69, 9.17) is 0 Å². The molecule has 3 heteroatoms. The van der Waals surface area contributed by atoms with E-state index in [0.29, 0.717) is 11.3 Å². The summed E-state index contributed by atoms with van der Waals surface area (Å²) < 4.78 is 0. The summed E-state index contributed by atoms with van der Waals surface area (Å²) in [5.41, 5.74) is 3.69. The summed E-state index contributed by atoms with van der Waals surface area (Å²) in [6.45, 7) is 4.33. The summed E-state index contributed by atoms with van der Waals surface area (Å²) in [7, 11) is 0. The fourth-order valence-corrected chi connectivity index (χ4v) is 6.83. The summed E-state index contributed by atoms with van der Waals surface area (Å²) in [5.74, 6) is 2.68. The van der Waals surface area contributed by atoms with Gasteiger partial charge in [-0.3, -0.25) is 4.79 Å². The van der Waals surface area contributed by atoms with Crippen LogP contribution in [-0.2, 0) is 11.2 Å². The molecule has 1 N–H and O–H groups in total. The largest absolute Gasteiger partial charge is 0.379 e. The van der Waals surface area contributed by atoms with Gasteiger partial charge in [0, 0.05) is 28.3 Å². The third-order valence-electron chi connectivity index (χ3n) is 7.47. The molecule has 1 heterocycles. The number of nitriles is 1.